The number of carbonyl (C=O) groups excluding carboxylic acids is 1. The van der Waals surface area contributed by atoms with E-state index in [0.717, 1.165) is 41.8 Å². The first-order valence-electron chi connectivity index (χ1n) is 8.48. The molecule has 5 nitrogen and oxygen atoms in total. The Hall–Kier alpha value is -1.61. The van der Waals surface area contributed by atoms with Crippen LogP contribution in [0.5, 0.6) is 0 Å². The maximum Gasteiger partial charge on any atom is 0.416 e. The molecule has 4 fully saturated rings. The molecule has 0 spiro atoms. The zero-order chi connectivity index (χ0) is 18.9. The molecule has 2 bridgehead atoms. The minimum absolute atomic E-state index is 0.00162. The van der Waals surface area contributed by atoms with Crippen molar-refractivity contribution in [1.29, 1.82) is 0 Å². The quantitative estimate of drug-likeness (QED) is 0.759. The summed E-state index contributed by atoms with van der Waals surface area (Å²) in [4.78, 5) is 12.7. The van der Waals surface area contributed by atoms with Crippen molar-refractivity contribution in [2.24, 2.45) is 5.92 Å². The number of anilines is 1. The molecule has 0 aliphatic heterocycles. The molecular formula is C17H19F3N2O3S. The fraction of sp³-hybridized carbons (Fsp3) is 0.588. The van der Waals surface area contributed by atoms with Crippen molar-refractivity contribution in [3.05, 3.63) is 29.3 Å². The molecule has 4 aliphatic carbocycles. The van der Waals surface area contributed by atoms with Crippen molar-refractivity contribution in [2.75, 3.05) is 4.31 Å². The third-order valence-corrected chi connectivity index (χ3v) is 6.78. The van der Waals surface area contributed by atoms with Gasteiger partial charge in [-0.2, -0.15) is 13.2 Å². The van der Waals surface area contributed by atoms with E-state index in [1.807, 2.05) is 0 Å². The van der Waals surface area contributed by atoms with E-state index in [-0.39, 0.29) is 16.8 Å². The van der Waals surface area contributed by atoms with E-state index < -0.39 is 34.5 Å². The molecule has 4 saturated carbocycles. The average molecular weight is 388 g/mol. The third-order valence-electron chi connectivity index (χ3n) is 5.83. The molecule has 5 rings (SSSR count). The molecule has 2 N–H and O–H groups in total. The molecule has 1 amide bonds. The van der Waals surface area contributed by atoms with Crippen molar-refractivity contribution in [3.63, 3.8) is 0 Å². The second-order valence-electron chi connectivity index (χ2n) is 7.96. The van der Waals surface area contributed by atoms with Gasteiger partial charge in [0.1, 0.15) is 0 Å². The molecule has 26 heavy (non-hydrogen) atoms. The number of hydrogen-bond acceptors (Lipinski definition) is 2. The van der Waals surface area contributed by atoms with Gasteiger partial charge in [-0.05, 0) is 63.1 Å². The lowest BCUT2D eigenvalue weighted by Crippen LogP contribution is -2.68. The van der Waals surface area contributed by atoms with Gasteiger partial charge >= 0.3 is 6.18 Å². The minimum atomic E-state index is -4.61. The first-order chi connectivity index (χ1) is 12.0. The van der Waals surface area contributed by atoms with Gasteiger partial charge in [-0.3, -0.25) is 13.7 Å². The summed E-state index contributed by atoms with van der Waals surface area (Å²) in [7, 11) is 0. The number of amides is 1. The fourth-order valence-electron chi connectivity index (χ4n) is 3.96. The lowest BCUT2D eigenvalue weighted by atomic mass is 9.50. The second kappa shape index (κ2) is 5.45. The Kier molecular flexibility index (Phi) is 3.73. The molecule has 142 valence electrons. The monoisotopic (exact) mass is 388 g/mol. The van der Waals surface area contributed by atoms with Crippen LogP contribution in [0.15, 0.2) is 18.2 Å². The lowest BCUT2D eigenvalue weighted by molar-refractivity contribution is -0.137. The van der Waals surface area contributed by atoms with Crippen molar-refractivity contribution in [3.8, 4) is 0 Å². The Labute approximate surface area is 151 Å². The standard InChI is InChI=1S/C17H19F3N2O3S/c1-15(4-5-15)22(26(24)25)13-6-11(17(18,19)20)2-3-12(13)14(23)21-16-7-10(8-16)9-16/h2-3,6,10H,4-5,7-9H2,1H3,(H,21,23)(H,24,25). The zero-order valence-electron chi connectivity index (χ0n) is 14.1. The Bertz CT molecular complexity index is 790. The molecule has 0 saturated heterocycles. The van der Waals surface area contributed by atoms with Gasteiger partial charge in [0.15, 0.2) is 0 Å². The minimum Gasteiger partial charge on any atom is -0.347 e. The smallest absolute Gasteiger partial charge is 0.347 e. The van der Waals surface area contributed by atoms with Gasteiger partial charge < -0.3 is 5.32 Å². The summed E-state index contributed by atoms with van der Waals surface area (Å²) >= 11 is -2.54. The van der Waals surface area contributed by atoms with Crippen LogP contribution >= 0.6 is 0 Å². The SMILES string of the molecule is CC1(N(c2cc(C(F)(F)F)ccc2C(=O)NC23CC(C2)C3)S(=O)O)CC1. The molecule has 0 aromatic heterocycles. The molecule has 1 aromatic rings. The highest BCUT2D eigenvalue weighted by Crippen LogP contribution is 2.57. The first-order valence-corrected chi connectivity index (χ1v) is 9.54. The molecule has 1 unspecified atom stereocenters. The van der Waals surface area contributed by atoms with Crippen LogP contribution < -0.4 is 9.62 Å². The van der Waals surface area contributed by atoms with E-state index >= 15 is 0 Å². The van der Waals surface area contributed by atoms with Gasteiger partial charge in [-0.15, -0.1) is 0 Å². The first kappa shape index (κ1) is 17.8. The maximum atomic E-state index is 13.2. The fourth-order valence-corrected chi connectivity index (χ4v) is 4.83. The normalized spacial score (nSPS) is 29.2. The summed E-state index contributed by atoms with van der Waals surface area (Å²) in [6.45, 7) is 1.70. The van der Waals surface area contributed by atoms with E-state index in [1.165, 1.54) is 0 Å². The predicted octanol–water partition coefficient (Wildman–Crippen LogP) is 3.48. The van der Waals surface area contributed by atoms with Gasteiger partial charge in [0, 0.05) is 5.54 Å². The highest BCUT2D eigenvalue weighted by molar-refractivity contribution is 7.80. The molecule has 0 radical (unpaired) electrons. The van der Waals surface area contributed by atoms with E-state index in [4.69, 9.17) is 0 Å². The number of carbonyl (C=O) groups is 1. The van der Waals surface area contributed by atoms with E-state index in [9.17, 15) is 26.7 Å². The second-order valence-corrected chi connectivity index (χ2v) is 8.79. The Morgan fingerprint density at radius 1 is 1.31 bits per heavy atom. The predicted molar refractivity (Wildman–Crippen MR) is 89.9 cm³/mol. The lowest BCUT2D eigenvalue weighted by Gasteiger charge is -2.61. The maximum absolute atomic E-state index is 13.2. The zero-order valence-corrected chi connectivity index (χ0v) is 14.9. The van der Waals surface area contributed by atoms with Gasteiger partial charge in [0.2, 0.25) is 0 Å². The average Bonchev–Trinajstić information content (AvgIpc) is 3.18. The Morgan fingerprint density at radius 3 is 2.35 bits per heavy atom. The summed E-state index contributed by atoms with van der Waals surface area (Å²) in [5, 5.41) is 2.91. The summed E-state index contributed by atoms with van der Waals surface area (Å²) < 4.78 is 62.1. The van der Waals surface area contributed by atoms with Crippen molar-refractivity contribution in [2.45, 2.75) is 56.3 Å². The van der Waals surface area contributed by atoms with Crippen LogP contribution in [0.3, 0.4) is 0 Å². The third kappa shape index (κ3) is 2.81. The van der Waals surface area contributed by atoms with Gasteiger partial charge in [0.25, 0.3) is 17.2 Å². The van der Waals surface area contributed by atoms with Crippen LogP contribution in [0.1, 0.15) is 54.9 Å². The van der Waals surface area contributed by atoms with Gasteiger partial charge in [-0.25, -0.2) is 4.21 Å². The van der Waals surface area contributed by atoms with Crippen LogP contribution in [0.25, 0.3) is 0 Å². The van der Waals surface area contributed by atoms with E-state index in [2.05, 4.69) is 5.32 Å². The molecular weight excluding hydrogens is 369 g/mol. The number of nitrogens with zero attached hydrogens (tertiary/aromatic N) is 1. The van der Waals surface area contributed by atoms with E-state index in [0.29, 0.717) is 18.8 Å². The number of benzene rings is 1. The van der Waals surface area contributed by atoms with Crippen LogP contribution in [0.4, 0.5) is 18.9 Å². The number of halogens is 3. The summed E-state index contributed by atoms with van der Waals surface area (Å²) in [6, 6.07) is 2.74. The highest BCUT2D eigenvalue weighted by atomic mass is 32.2. The Morgan fingerprint density at radius 2 is 1.92 bits per heavy atom. The summed E-state index contributed by atoms with van der Waals surface area (Å²) in [6.07, 6.45) is -0.790. The summed E-state index contributed by atoms with van der Waals surface area (Å²) in [5.41, 5.74) is -2.07. The topological polar surface area (TPSA) is 69.6 Å². The summed E-state index contributed by atoms with van der Waals surface area (Å²) in [5.74, 6) is 0.140. The van der Waals surface area contributed by atoms with Crippen LogP contribution in [0.2, 0.25) is 0 Å². The van der Waals surface area contributed by atoms with E-state index in [1.54, 1.807) is 6.92 Å². The number of alkyl halides is 3. The van der Waals surface area contributed by atoms with Crippen molar-refractivity contribution < 1.29 is 26.7 Å². The molecule has 0 heterocycles. The van der Waals surface area contributed by atoms with Gasteiger partial charge in [0.05, 0.1) is 22.4 Å². The number of hydrogen-bond donors (Lipinski definition) is 2. The van der Waals surface area contributed by atoms with Crippen LogP contribution in [-0.2, 0) is 17.4 Å². The largest absolute Gasteiger partial charge is 0.416 e. The molecule has 1 aromatic carbocycles. The van der Waals surface area contributed by atoms with Crippen molar-refractivity contribution in [1.82, 2.24) is 5.32 Å². The number of nitrogens with one attached hydrogen (secondary N) is 1. The molecule has 4 aliphatic rings. The van der Waals surface area contributed by atoms with Crippen LogP contribution in [-0.4, -0.2) is 25.7 Å². The number of rotatable bonds is 5. The van der Waals surface area contributed by atoms with Crippen molar-refractivity contribution >= 4 is 22.9 Å². The molecule has 1 atom stereocenters. The van der Waals surface area contributed by atoms with Gasteiger partial charge in [-0.1, -0.05) is 0 Å². The van der Waals surface area contributed by atoms with Crippen LogP contribution in [0, 0.1) is 5.92 Å². The Balaban J connectivity index is 1.74. The molecule has 9 heteroatoms. The highest BCUT2D eigenvalue weighted by Gasteiger charge is 2.57.